The molecule has 2 aromatic rings. The highest BCUT2D eigenvalue weighted by atomic mass is 35.5. The Balaban J connectivity index is 1.96. The minimum Gasteiger partial charge on any atom is -0.361 e. The molecule has 0 radical (unpaired) electrons. The molecular weight excluding hydrogens is 264 g/mol. The van der Waals surface area contributed by atoms with Gasteiger partial charge in [-0.3, -0.25) is 0 Å². The van der Waals surface area contributed by atoms with Crippen molar-refractivity contribution in [3.8, 4) is 0 Å². The quantitative estimate of drug-likeness (QED) is 0.841. The summed E-state index contributed by atoms with van der Waals surface area (Å²) in [7, 11) is 0. The smallest absolute Gasteiger partial charge is 0.0472 e. The van der Waals surface area contributed by atoms with Crippen LogP contribution in [0.2, 0.25) is 5.02 Å². The molecule has 0 saturated heterocycles. The molecule has 0 aliphatic rings. The minimum absolute atomic E-state index is 0.708. The Labute approximate surface area is 117 Å². The molecule has 18 heavy (non-hydrogen) atoms. The Bertz CT molecular complexity index is 509. The van der Waals surface area contributed by atoms with Gasteiger partial charge >= 0.3 is 0 Å². The molecule has 4 heteroatoms. The number of hydrogen-bond donors (Lipinski definition) is 2. The summed E-state index contributed by atoms with van der Waals surface area (Å²) in [6.07, 6.45) is 4.22. The van der Waals surface area contributed by atoms with Crippen molar-refractivity contribution in [2.24, 2.45) is 5.92 Å². The lowest BCUT2D eigenvalue weighted by Crippen LogP contribution is -2.21. The van der Waals surface area contributed by atoms with Crippen molar-refractivity contribution in [1.29, 1.82) is 0 Å². The van der Waals surface area contributed by atoms with E-state index in [0.717, 1.165) is 23.6 Å². The molecule has 1 atom stereocenters. The first-order valence-electron chi connectivity index (χ1n) is 6.16. The fraction of sp³-hybridized carbons (Fsp3) is 0.429. The molecule has 2 rings (SSSR count). The first-order valence-corrected chi connectivity index (χ1v) is 7.93. The van der Waals surface area contributed by atoms with E-state index in [1.54, 1.807) is 0 Å². The Morgan fingerprint density at radius 1 is 1.44 bits per heavy atom. The molecule has 2 nitrogen and oxygen atoms in total. The van der Waals surface area contributed by atoms with E-state index in [2.05, 4.69) is 35.7 Å². The summed E-state index contributed by atoms with van der Waals surface area (Å²) in [6.45, 7) is 4.24. The molecule has 1 heterocycles. The van der Waals surface area contributed by atoms with E-state index in [-0.39, 0.29) is 0 Å². The maximum absolute atomic E-state index is 5.97. The molecule has 2 N–H and O–H groups in total. The van der Waals surface area contributed by atoms with Gasteiger partial charge in [0.25, 0.3) is 0 Å². The van der Waals surface area contributed by atoms with Crippen molar-refractivity contribution >= 4 is 34.3 Å². The summed E-state index contributed by atoms with van der Waals surface area (Å²) in [4.78, 5) is 3.26. The average Bonchev–Trinajstić information content (AvgIpc) is 2.72. The van der Waals surface area contributed by atoms with Crippen molar-refractivity contribution < 1.29 is 0 Å². The number of thioether (sulfide) groups is 1. The van der Waals surface area contributed by atoms with Gasteiger partial charge < -0.3 is 10.3 Å². The number of aromatic amines is 1. The average molecular weight is 283 g/mol. The first kappa shape index (κ1) is 13.8. The molecule has 1 unspecified atom stereocenters. The third-order valence-electron chi connectivity index (χ3n) is 2.99. The second kappa shape index (κ2) is 6.50. The van der Waals surface area contributed by atoms with Crippen LogP contribution in [0, 0.1) is 5.92 Å². The van der Waals surface area contributed by atoms with Crippen LogP contribution < -0.4 is 5.32 Å². The normalized spacial score (nSPS) is 13.1. The van der Waals surface area contributed by atoms with E-state index in [1.165, 1.54) is 16.7 Å². The predicted molar refractivity (Wildman–Crippen MR) is 82.6 cm³/mol. The summed E-state index contributed by atoms with van der Waals surface area (Å²) in [5.41, 5.74) is 2.41. The standard InChI is InChI=1S/C14H19ClN2S/c1-10(9-18-2)6-16-7-11-8-17-14-5-12(15)3-4-13(11)14/h3-5,8,10,16-17H,6-7,9H2,1-2H3. The molecule has 0 bridgehead atoms. The fourth-order valence-electron chi connectivity index (χ4n) is 2.10. The number of hydrogen-bond acceptors (Lipinski definition) is 2. The third-order valence-corrected chi connectivity index (χ3v) is 4.13. The zero-order valence-corrected chi connectivity index (χ0v) is 12.4. The van der Waals surface area contributed by atoms with Gasteiger partial charge in [0, 0.05) is 28.7 Å². The molecule has 98 valence electrons. The van der Waals surface area contributed by atoms with Gasteiger partial charge in [-0.1, -0.05) is 24.6 Å². The third kappa shape index (κ3) is 3.44. The van der Waals surface area contributed by atoms with Crippen LogP contribution in [-0.2, 0) is 6.54 Å². The highest BCUT2D eigenvalue weighted by Gasteiger charge is 2.05. The minimum atomic E-state index is 0.708. The summed E-state index contributed by atoms with van der Waals surface area (Å²) in [5, 5.41) is 5.54. The van der Waals surface area contributed by atoms with Crippen LogP contribution in [0.25, 0.3) is 10.9 Å². The van der Waals surface area contributed by atoms with Gasteiger partial charge in [-0.05, 0) is 42.2 Å². The maximum Gasteiger partial charge on any atom is 0.0472 e. The van der Waals surface area contributed by atoms with Crippen LogP contribution in [-0.4, -0.2) is 23.5 Å². The van der Waals surface area contributed by atoms with Crippen LogP contribution in [0.5, 0.6) is 0 Å². The lowest BCUT2D eigenvalue weighted by atomic mass is 10.1. The first-order chi connectivity index (χ1) is 8.70. The zero-order chi connectivity index (χ0) is 13.0. The Morgan fingerprint density at radius 2 is 2.28 bits per heavy atom. The van der Waals surface area contributed by atoms with Gasteiger partial charge in [0.15, 0.2) is 0 Å². The van der Waals surface area contributed by atoms with Crippen LogP contribution >= 0.6 is 23.4 Å². The summed E-state index contributed by atoms with van der Waals surface area (Å²) in [5.74, 6) is 1.91. The molecule has 0 spiro atoms. The molecule has 0 aliphatic heterocycles. The van der Waals surface area contributed by atoms with Crippen LogP contribution in [0.1, 0.15) is 12.5 Å². The van der Waals surface area contributed by atoms with Gasteiger partial charge in [-0.25, -0.2) is 0 Å². The molecular formula is C14H19ClN2S. The predicted octanol–water partition coefficient (Wildman–Crippen LogP) is 3.91. The number of rotatable bonds is 6. The Morgan fingerprint density at radius 3 is 3.06 bits per heavy atom. The van der Waals surface area contributed by atoms with Crippen molar-refractivity contribution in [3.05, 3.63) is 35.0 Å². The number of H-pyrrole nitrogens is 1. The SMILES string of the molecule is CSCC(C)CNCc1c[nH]c2cc(Cl)ccc12. The highest BCUT2D eigenvalue weighted by Crippen LogP contribution is 2.21. The van der Waals surface area contributed by atoms with E-state index in [9.17, 15) is 0 Å². The molecule has 0 saturated carbocycles. The van der Waals surface area contributed by atoms with Crippen LogP contribution in [0.3, 0.4) is 0 Å². The number of aromatic nitrogens is 1. The van der Waals surface area contributed by atoms with Gasteiger partial charge in [-0.2, -0.15) is 11.8 Å². The molecule has 0 amide bonds. The lowest BCUT2D eigenvalue weighted by molar-refractivity contribution is 0.560. The molecule has 1 aromatic carbocycles. The number of benzene rings is 1. The zero-order valence-electron chi connectivity index (χ0n) is 10.8. The van der Waals surface area contributed by atoms with Gasteiger partial charge in [0.2, 0.25) is 0 Å². The van der Waals surface area contributed by atoms with E-state index in [1.807, 2.05) is 23.9 Å². The van der Waals surface area contributed by atoms with E-state index < -0.39 is 0 Å². The van der Waals surface area contributed by atoms with Crippen molar-refractivity contribution in [2.75, 3.05) is 18.6 Å². The Kier molecular flexibility index (Phi) is 4.98. The maximum atomic E-state index is 5.97. The topological polar surface area (TPSA) is 27.8 Å². The lowest BCUT2D eigenvalue weighted by Gasteiger charge is -2.10. The monoisotopic (exact) mass is 282 g/mol. The summed E-state index contributed by atoms with van der Waals surface area (Å²) >= 11 is 7.87. The number of nitrogens with one attached hydrogen (secondary N) is 2. The molecule has 0 aliphatic carbocycles. The summed E-state index contributed by atoms with van der Waals surface area (Å²) < 4.78 is 0. The van der Waals surface area contributed by atoms with Crippen LogP contribution in [0.15, 0.2) is 24.4 Å². The van der Waals surface area contributed by atoms with Crippen molar-refractivity contribution in [2.45, 2.75) is 13.5 Å². The van der Waals surface area contributed by atoms with Gasteiger partial charge in [0.05, 0.1) is 0 Å². The number of halogens is 1. The van der Waals surface area contributed by atoms with E-state index in [4.69, 9.17) is 11.6 Å². The van der Waals surface area contributed by atoms with E-state index >= 15 is 0 Å². The second-order valence-corrected chi connectivity index (χ2v) is 6.04. The highest BCUT2D eigenvalue weighted by molar-refractivity contribution is 7.98. The van der Waals surface area contributed by atoms with E-state index in [0.29, 0.717) is 5.92 Å². The second-order valence-electron chi connectivity index (χ2n) is 4.70. The molecule has 1 aromatic heterocycles. The van der Waals surface area contributed by atoms with Gasteiger partial charge in [0.1, 0.15) is 0 Å². The van der Waals surface area contributed by atoms with Gasteiger partial charge in [-0.15, -0.1) is 0 Å². The summed E-state index contributed by atoms with van der Waals surface area (Å²) in [6, 6.07) is 5.99. The fourth-order valence-corrected chi connectivity index (χ4v) is 2.96. The number of fused-ring (bicyclic) bond motifs is 1. The van der Waals surface area contributed by atoms with Crippen molar-refractivity contribution in [1.82, 2.24) is 10.3 Å². The largest absolute Gasteiger partial charge is 0.361 e. The Hall–Kier alpha value is -0.640. The van der Waals surface area contributed by atoms with Crippen LogP contribution in [0.4, 0.5) is 0 Å². The van der Waals surface area contributed by atoms with Crippen molar-refractivity contribution in [3.63, 3.8) is 0 Å². The molecule has 0 fully saturated rings.